The Morgan fingerprint density at radius 3 is 1.03 bits per heavy atom. The number of ether oxygens (including phenoxy) is 3. The first kappa shape index (κ1) is 60.9. The van der Waals surface area contributed by atoms with Gasteiger partial charge in [-0.25, -0.2) is 0 Å². The first-order valence-electron chi connectivity index (χ1n) is 26.9. The van der Waals surface area contributed by atoms with Crippen LogP contribution in [0.4, 0.5) is 0 Å². The molecular weight excluding hydrogens is 793 g/mol. The molecule has 368 valence electrons. The number of rotatable bonds is 48. The molecule has 0 saturated heterocycles. The van der Waals surface area contributed by atoms with E-state index in [1.54, 1.807) is 0 Å². The van der Waals surface area contributed by atoms with Crippen LogP contribution in [0.3, 0.4) is 0 Å². The number of unbranched alkanes of at least 4 members (excludes halogenated alkanes) is 25. The minimum Gasteiger partial charge on any atom is -0.462 e. The third kappa shape index (κ3) is 49.9. The Hall–Kier alpha value is -3.15. The van der Waals surface area contributed by atoms with E-state index in [1.807, 2.05) is 0 Å². The SMILES string of the molecule is CC/C=C\C/C=C\C/C=C\C/C=C\C/C=C\CCCC(=O)OC[C@@H](COC(=O)CCCCCCCCCCCCCC)OC(=O)CCCCCCCCC/C=C\CCCCCCCC. The molecule has 0 fully saturated rings. The highest BCUT2D eigenvalue weighted by molar-refractivity contribution is 5.71. The minimum atomic E-state index is -0.798. The first-order valence-corrected chi connectivity index (χ1v) is 26.9. The van der Waals surface area contributed by atoms with Crippen molar-refractivity contribution in [3.05, 3.63) is 72.9 Å². The maximum absolute atomic E-state index is 12.8. The van der Waals surface area contributed by atoms with E-state index in [9.17, 15) is 14.4 Å². The Bertz CT molecular complexity index is 1210. The minimum absolute atomic E-state index is 0.0929. The lowest BCUT2D eigenvalue weighted by Crippen LogP contribution is -2.30. The number of hydrogen-bond donors (Lipinski definition) is 0. The molecule has 0 aliphatic heterocycles. The van der Waals surface area contributed by atoms with Crippen LogP contribution >= 0.6 is 0 Å². The molecule has 0 unspecified atom stereocenters. The molecule has 0 aromatic rings. The molecule has 0 saturated carbocycles. The average Bonchev–Trinajstić information content (AvgIpc) is 3.29. The van der Waals surface area contributed by atoms with E-state index in [0.29, 0.717) is 19.3 Å². The van der Waals surface area contributed by atoms with Gasteiger partial charge in [-0.15, -0.1) is 0 Å². The van der Waals surface area contributed by atoms with Crippen molar-refractivity contribution < 1.29 is 28.6 Å². The lowest BCUT2D eigenvalue weighted by atomic mass is 10.0. The molecule has 0 radical (unpaired) electrons. The van der Waals surface area contributed by atoms with Gasteiger partial charge < -0.3 is 14.2 Å². The van der Waals surface area contributed by atoms with Gasteiger partial charge in [0, 0.05) is 19.3 Å². The van der Waals surface area contributed by atoms with Crippen LogP contribution in [0.25, 0.3) is 0 Å². The standard InChI is InChI=1S/C58H100O6/c1-4-7-10-13-16-19-22-25-27-29-31-33-36-39-42-45-48-51-57(60)63-54-55(53-62-56(59)50-47-44-41-38-35-24-21-18-15-12-9-6-3)64-58(61)52-49-46-43-40-37-34-32-30-28-26-23-20-17-14-11-8-5-2/h7,10,16,19,25-28,31,33,39,42,55H,4-6,8-9,11-15,17-18,20-24,29-30,32,34-38,40-41,43-54H2,1-3H3/b10-7-,19-16-,27-25-,28-26-,33-31-,42-39-/t55-/m1/s1. The van der Waals surface area contributed by atoms with Crippen LogP contribution in [0.2, 0.25) is 0 Å². The largest absolute Gasteiger partial charge is 0.462 e. The molecule has 0 bridgehead atoms. The zero-order valence-electron chi connectivity index (χ0n) is 42.0. The van der Waals surface area contributed by atoms with Gasteiger partial charge in [-0.05, 0) is 83.5 Å². The predicted octanol–water partition coefficient (Wildman–Crippen LogP) is 17.8. The lowest BCUT2D eigenvalue weighted by molar-refractivity contribution is -0.167. The fourth-order valence-electron chi connectivity index (χ4n) is 7.41. The lowest BCUT2D eigenvalue weighted by Gasteiger charge is -2.18. The zero-order chi connectivity index (χ0) is 46.5. The van der Waals surface area contributed by atoms with E-state index in [-0.39, 0.29) is 37.5 Å². The van der Waals surface area contributed by atoms with Crippen molar-refractivity contribution in [1.82, 2.24) is 0 Å². The number of carbonyl (C=O) groups is 3. The van der Waals surface area contributed by atoms with E-state index in [1.165, 1.54) is 135 Å². The van der Waals surface area contributed by atoms with E-state index in [0.717, 1.165) is 77.0 Å². The highest BCUT2D eigenvalue weighted by atomic mass is 16.6. The zero-order valence-corrected chi connectivity index (χ0v) is 42.0. The second-order valence-electron chi connectivity index (χ2n) is 17.8. The quantitative estimate of drug-likeness (QED) is 0.0262. The molecule has 0 amide bonds. The summed E-state index contributed by atoms with van der Waals surface area (Å²) in [4.78, 5) is 38.0. The maximum Gasteiger partial charge on any atom is 0.306 e. The fraction of sp³-hybridized carbons (Fsp3) is 0.741. The normalized spacial score (nSPS) is 12.6. The number of allylic oxidation sites excluding steroid dienone is 12. The molecule has 0 rings (SSSR count). The Kier molecular flexibility index (Phi) is 49.9. The van der Waals surface area contributed by atoms with E-state index in [2.05, 4.69) is 93.7 Å². The Morgan fingerprint density at radius 2 is 0.625 bits per heavy atom. The first-order chi connectivity index (χ1) is 31.5. The smallest absolute Gasteiger partial charge is 0.306 e. The summed E-state index contributed by atoms with van der Waals surface area (Å²) in [5.41, 5.74) is 0. The average molecular weight is 893 g/mol. The summed E-state index contributed by atoms with van der Waals surface area (Å²) in [6.07, 6.45) is 66.0. The summed E-state index contributed by atoms with van der Waals surface area (Å²) in [7, 11) is 0. The molecule has 6 nitrogen and oxygen atoms in total. The molecular formula is C58H100O6. The molecule has 0 aromatic heterocycles. The van der Waals surface area contributed by atoms with Gasteiger partial charge >= 0.3 is 17.9 Å². The molecule has 1 atom stereocenters. The van der Waals surface area contributed by atoms with Crippen molar-refractivity contribution in [2.75, 3.05) is 13.2 Å². The van der Waals surface area contributed by atoms with Crippen molar-refractivity contribution >= 4 is 17.9 Å². The van der Waals surface area contributed by atoms with Crippen LogP contribution in [0.15, 0.2) is 72.9 Å². The van der Waals surface area contributed by atoms with E-state index < -0.39 is 6.10 Å². The Balaban J connectivity index is 4.46. The summed E-state index contributed by atoms with van der Waals surface area (Å²) in [5.74, 6) is -0.953. The predicted molar refractivity (Wildman–Crippen MR) is 274 cm³/mol. The summed E-state index contributed by atoms with van der Waals surface area (Å²) in [6.45, 7) is 6.47. The molecule has 0 heterocycles. The third-order valence-corrected chi connectivity index (χ3v) is 11.4. The monoisotopic (exact) mass is 893 g/mol. The van der Waals surface area contributed by atoms with Gasteiger partial charge in [-0.2, -0.15) is 0 Å². The van der Waals surface area contributed by atoms with Gasteiger partial charge in [0.25, 0.3) is 0 Å². The summed E-state index contributed by atoms with van der Waals surface area (Å²) in [6, 6.07) is 0. The van der Waals surface area contributed by atoms with E-state index in [4.69, 9.17) is 14.2 Å². The number of esters is 3. The van der Waals surface area contributed by atoms with Crippen LogP contribution in [-0.2, 0) is 28.6 Å². The fourth-order valence-corrected chi connectivity index (χ4v) is 7.41. The molecule has 0 aliphatic rings. The number of carbonyl (C=O) groups excluding carboxylic acids is 3. The van der Waals surface area contributed by atoms with Crippen molar-refractivity contribution in [3.63, 3.8) is 0 Å². The van der Waals surface area contributed by atoms with E-state index >= 15 is 0 Å². The molecule has 0 spiro atoms. The molecule has 64 heavy (non-hydrogen) atoms. The van der Waals surface area contributed by atoms with Gasteiger partial charge in [0.1, 0.15) is 13.2 Å². The van der Waals surface area contributed by atoms with Gasteiger partial charge in [0.05, 0.1) is 0 Å². The van der Waals surface area contributed by atoms with Crippen molar-refractivity contribution in [2.24, 2.45) is 0 Å². The Labute approximate surface area is 395 Å². The van der Waals surface area contributed by atoms with Crippen molar-refractivity contribution in [3.8, 4) is 0 Å². The molecule has 0 aliphatic carbocycles. The maximum atomic E-state index is 12.8. The molecule has 0 N–H and O–H groups in total. The van der Waals surface area contributed by atoms with Crippen LogP contribution < -0.4 is 0 Å². The van der Waals surface area contributed by atoms with Gasteiger partial charge in [0.2, 0.25) is 0 Å². The van der Waals surface area contributed by atoms with Crippen LogP contribution in [0.5, 0.6) is 0 Å². The Morgan fingerprint density at radius 1 is 0.328 bits per heavy atom. The van der Waals surface area contributed by atoms with Crippen molar-refractivity contribution in [2.45, 2.75) is 264 Å². The van der Waals surface area contributed by atoms with Gasteiger partial charge in [0.15, 0.2) is 6.10 Å². The van der Waals surface area contributed by atoms with Gasteiger partial charge in [-0.1, -0.05) is 229 Å². The van der Waals surface area contributed by atoms with Crippen LogP contribution in [0, 0.1) is 0 Å². The summed E-state index contributed by atoms with van der Waals surface area (Å²) < 4.78 is 16.8. The second kappa shape index (κ2) is 52.5. The summed E-state index contributed by atoms with van der Waals surface area (Å²) in [5, 5.41) is 0. The van der Waals surface area contributed by atoms with Gasteiger partial charge in [-0.3, -0.25) is 14.4 Å². The van der Waals surface area contributed by atoms with Crippen LogP contribution in [0.1, 0.15) is 258 Å². The summed E-state index contributed by atoms with van der Waals surface area (Å²) >= 11 is 0. The number of hydrogen-bond acceptors (Lipinski definition) is 6. The highest BCUT2D eigenvalue weighted by Crippen LogP contribution is 2.15. The van der Waals surface area contributed by atoms with Crippen LogP contribution in [-0.4, -0.2) is 37.2 Å². The highest BCUT2D eigenvalue weighted by Gasteiger charge is 2.19. The second-order valence-corrected chi connectivity index (χ2v) is 17.8. The molecule has 0 aromatic carbocycles. The third-order valence-electron chi connectivity index (χ3n) is 11.4. The molecule has 6 heteroatoms. The topological polar surface area (TPSA) is 78.9 Å². The van der Waals surface area contributed by atoms with Crippen molar-refractivity contribution in [1.29, 1.82) is 0 Å².